The van der Waals surface area contributed by atoms with Crippen molar-refractivity contribution >= 4 is 17.5 Å². The molecule has 0 aromatic heterocycles. The molecule has 1 fully saturated rings. The highest BCUT2D eigenvalue weighted by Gasteiger charge is 2.27. The van der Waals surface area contributed by atoms with Crippen LogP contribution in [0.3, 0.4) is 0 Å². The highest BCUT2D eigenvalue weighted by atomic mass is 35.5. The van der Waals surface area contributed by atoms with Crippen molar-refractivity contribution < 1.29 is 14.6 Å². The lowest BCUT2D eigenvalue weighted by molar-refractivity contribution is -0.134. The highest BCUT2D eigenvalue weighted by Crippen LogP contribution is 2.27. The largest absolute Gasteiger partial charge is 0.496 e. The van der Waals surface area contributed by atoms with Crippen LogP contribution in [0.4, 0.5) is 0 Å². The number of methoxy groups -OCH3 is 1. The number of ether oxygens (including phenoxy) is 1. The quantitative estimate of drug-likeness (QED) is 0.930. The van der Waals surface area contributed by atoms with E-state index in [4.69, 9.17) is 16.3 Å². The molecule has 1 aliphatic rings. The molecule has 0 radical (unpaired) electrons. The number of rotatable bonds is 3. The monoisotopic (exact) mass is 297 g/mol. The van der Waals surface area contributed by atoms with Crippen LogP contribution < -0.4 is 4.74 Å². The van der Waals surface area contributed by atoms with Crippen molar-refractivity contribution in [3.05, 3.63) is 28.8 Å². The Morgan fingerprint density at radius 1 is 1.55 bits per heavy atom. The number of benzene rings is 1. The maximum atomic E-state index is 12.3. The summed E-state index contributed by atoms with van der Waals surface area (Å²) in [7, 11) is 1.56. The van der Waals surface area contributed by atoms with E-state index in [0.29, 0.717) is 29.4 Å². The molecule has 1 heterocycles. The van der Waals surface area contributed by atoms with Crippen molar-refractivity contribution in [1.82, 2.24) is 4.90 Å². The first-order chi connectivity index (χ1) is 9.52. The summed E-state index contributed by atoms with van der Waals surface area (Å²) in [5.41, 5.74) is 0.703. The van der Waals surface area contributed by atoms with Crippen LogP contribution in [0.2, 0.25) is 5.02 Å². The van der Waals surface area contributed by atoms with Gasteiger partial charge in [0.2, 0.25) is 5.91 Å². The lowest BCUT2D eigenvalue weighted by Crippen LogP contribution is -2.46. The number of carbonyl (C=O) groups excluding carboxylic acids is 1. The van der Waals surface area contributed by atoms with Crippen LogP contribution in [0, 0.1) is 5.92 Å². The summed E-state index contributed by atoms with van der Waals surface area (Å²) in [5, 5.41) is 10.4. The zero-order chi connectivity index (χ0) is 14.7. The summed E-state index contributed by atoms with van der Waals surface area (Å²) in [6.45, 7) is 3.08. The maximum Gasteiger partial charge on any atom is 0.227 e. The minimum absolute atomic E-state index is 0.0256. The van der Waals surface area contributed by atoms with Crippen molar-refractivity contribution in [2.24, 2.45) is 5.92 Å². The maximum absolute atomic E-state index is 12.3. The van der Waals surface area contributed by atoms with Crippen molar-refractivity contribution in [2.75, 3.05) is 20.2 Å². The zero-order valence-electron chi connectivity index (χ0n) is 11.8. The van der Waals surface area contributed by atoms with Gasteiger partial charge in [-0.1, -0.05) is 24.6 Å². The predicted octanol–water partition coefficient (Wildman–Crippen LogP) is 2.12. The Balaban J connectivity index is 2.09. The molecule has 1 saturated heterocycles. The van der Waals surface area contributed by atoms with E-state index in [-0.39, 0.29) is 18.2 Å². The number of carbonyl (C=O) groups is 1. The Hall–Kier alpha value is -1.26. The molecule has 2 atom stereocenters. The molecule has 0 bridgehead atoms. The molecule has 1 aromatic carbocycles. The van der Waals surface area contributed by atoms with E-state index in [0.717, 1.165) is 6.42 Å². The molecule has 110 valence electrons. The number of piperidine rings is 1. The first kappa shape index (κ1) is 15.1. The van der Waals surface area contributed by atoms with Crippen LogP contribution in [-0.2, 0) is 11.2 Å². The van der Waals surface area contributed by atoms with Crippen LogP contribution in [0.5, 0.6) is 5.75 Å². The van der Waals surface area contributed by atoms with Gasteiger partial charge in [0.05, 0.1) is 19.6 Å². The number of halogens is 1. The van der Waals surface area contributed by atoms with Gasteiger partial charge in [0, 0.05) is 23.7 Å². The molecule has 2 rings (SSSR count). The number of nitrogens with zero attached hydrogens (tertiary/aromatic N) is 1. The van der Waals surface area contributed by atoms with Gasteiger partial charge in [-0.2, -0.15) is 0 Å². The Kier molecular flexibility index (Phi) is 4.89. The molecule has 5 heteroatoms. The molecule has 0 unspecified atom stereocenters. The van der Waals surface area contributed by atoms with Gasteiger partial charge in [0.15, 0.2) is 0 Å². The van der Waals surface area contributed by atoms with Gasteiger partial charge in [-0.25, -0.2) is 0 Å². The third-order valence-electron chi connectivity index (χ3n) is 3.90. The van der Waals surface area contributed by atoms with Gasteiger partial charge < -0.3 is 14.7 Å². The summed E-state index contributed by atoms with van der Waals surface area (Å²) in [4.78, 5) is 14.0. The molecule has 20 heavy (non-hydrogen) atoms. The summed E-state index contributed by atoms with van der Waals surface area (Å²) in [6, 6.07) is 5.34. The number of aliphatic hydroxyl groups excluding tert-OH is 1. The Bertz CT molecular complexity index is 492. The second-order valence-corrected chi connectivity index (χ2v) is 5.68. The third kappa shape index (κ3) is 3.25. The Morgan fingerprint density at radius 2 is 2.30 bits per heavy atom. The molecule has 0 saturated carbocycles. The minimum Gasteiger partial charge on any atom is -0.496 e. The van der Waals surface area contributed by atoms with E-state index in [1.54, 1.807) is 30.2 Å². The highest BCUT2D eigenvalue weighted by molar-refractivity contribution is 6.31. The number of amides is 1. The average molecular weight is 298 g/mol. The second kappa shape index (κ2) is 6.46. The predicted molar refractivity (Wildman–Crippen MR) is 78.1 cm³/mol. The fourth-order valence-corrected chi connectivity index (χ4v) is 2.67. The van der Waals surface area contributed by atoms with E-state index in [2.05, 4.69) is 0 Å². The zero-order valence-corrected chi connectivity index (χ0v) is 12.6. The van der Waals surface area contributed by atoms with E-state index < -0.39 is 6.10 Å². The van der Waals surface area contributed by atoms with Gasteiger partial charge >= 0.3 is 0 Å². The van der Waals surface area contributed by atoms with E-state index in [1.165, 1.54) is 0 Å². The fourth-order valence-electron chi connectivity index (χ4n) is 2.44. The Labute approximate surface area is 124 Å². The second-order valence-electron chi connectivity index (χ2n) is 5.27. The fraction of sp³-hybridized carbons (Fsp3) is 0.533. The van der Waals surface area contributed by atoms with E-state index in [9.17, 15) is 9.90 Å². The number of β-amino-alcohol motifs (C(OH)–C–C–N with tert-alkyl or cyclic N) is 1. The molecule has 0 aliphatic carbocycles. The number of aliphatic hydroxyl groups is 1. The molecule has 1 N–H and O–H groups in total. The van der Waals surface area contributed by atoms with Crippen LogP contribution in [0.25, 0.3) is 0 Å². The van der Waals surface area contributed by atoms with Crippen LogP contribution >= 0.6 is 11.6 Å². The Morgan fingerprint density at radius 3 is 2.95 bits per heavy atom. The number of hydrogen-bond acceptors (Lipinski definition) is 3. The molecule has 1 amide bonds. The molecular weight excluding hydrogens is 278 g/mol. The van der Waals surface area contributed by atoms with Gasteiger partial charge in [-0.15, -0.1) is 0 Å². The van der Waals surface area contributed by atoms with Crippen molar-refractivity contribution in [1.29, 1.82) is 0 Å². The van der Waals surface area contributed by atoms with Gasteiger partial charge in [0.1, 0.15) is 5.75 Å². The molecule has 0 spiro atoms. The van der Waals surface area contributed by atoms with Crippen molar-refractivity contribution in [3.63, 3.8) is 0 Å². The van der Waals surface area contributed by atoms with Crippen LogP contribution in [-0.4, -0.2) is 42.2 Å². The average Bonchev–Trinajstić information content (AvgIpc) is 2.44. The number of likely N-dealkylation sites (tertiary alicyclic amines) is 1. The van der Waals surface area contributed by atoms with Gasteiger partial charge in [-0.3, -0.25) is 4.79 Å². The molecule has 1 aromatic rings. The lowest BCUT2D eigenvalue weighted by atomic mass is 9.95. The van der Waals surface area contributed by atoms with Gasteiger partial charge in [0.25, 0.3) is 0 Å². The molecular formula is C15H20ClNO3. The summed E-state index contributed by atoms with van der Waals surface area (Å²) >= 11 is 6.14. The first-order valence-corrected chi connectivity index (χ1v) is 7.18. The number of hydrogen-bond donors (Lipinski definition) is 1. The lowest BCUT2D eigenvalue weighted by Gasteiger charge is -2.34. The van der Waals surface area contributed by atoms with E-state index in [1.807, 2.05) is 6.92 Å². The first-order valence-electron chi connectivity index (χ1n) is 6.80. The summed E-state index contributed by atoms with van der Waals surface area (Å²) in [5.74, 6) is 0.841. The molecule has 4 nitrogen and oxygen atoms in total. The summed E-state index contributed by atoms with van der Waals surface area (Å²) in [6.07, 6.45) is 0.581. The van der Waals surface area contributed by atoms with Crippen molar-refractivity contribution in [3.8, 4) is 5.75 Å². The van der Waals surface area contributed by atoms with E-state index >= 15 is 0 Å². The standard InChI is InChI=1S/C15H20ClNO3/c1-10-6-7-17(9-13(10)18)15(19)8-11-12(16)4-3-5-14(11)20-2/h3-5,10,13,18H,6-9H2,1-2H3/t10-,13-/m0/s1. The van der Waals surface area contributed by atoms with Crippen LogP contribution in [0.15, 0.2) is 18.2 Å². The summed E-state index contributed by atoms with van der Waals surface area (Å²) < 4.78 is 5.25. The SMILES string of the molecule is COc1cccc(Cl)c1CC(=O)N1CC[C@H](C)[C@@H](O)C1. The normalized spacial score (nSPS) is 22.7. The minimum atomic E-state index is -0.444. The topological polar surface area (TPSA) is 49.8 Å². The van der Waals surface area contributed by atoms with Crippen molar-refractivity contribution in [2.45, 2.75) is 25.9 Å². The smallest absolute Gasteiger partial charge is 0.227 e. The third-order valence-corrected chi connectivity index (χ3v) is 4.25. The molecule has 1 aliphatic heterocycles. The van der Waals surface area contributed by atoms with Gasteiger partial charge in [-0.05, 0) is 24.5 Å². The van der Waals surface area contributed by atoms with Crippen LogP contribution in [0.1, 0.15) is 18.9 Å².